The van der Waals surface area contributed by atoms with Gasteiger partial charge in [-0.25, -0.2) is 14.8 Å². The second kappa shape index (κ2) is 10.4. The van der Waals surface area contributed by atoms with Crippen molar-refractivity contribution in [3.63, 3.8) is 0 Å². The lowest BCUT2D eigenvalue weighted by Crippen LogP contribution is -2.49. The van der Waals surface area contributed by atoms with Gasteiger partial charge in [-0.15, -0.1) is 0 Å². The number of urea groups is 1. The number of hydrogen-bond donors (Lipinski definition) is 4. The first kappa shape index (κ1) is 22.0. The van der Waals surface area contributed by atoms with Gasteiger partial charge >= 0.3 is 6.03 Å². The van der Waals surface area contributed by atoms with E-state index in [9.17, 15) is 4.79 Å². The number of anilines is 1. The molecule has 0 unspecified atom stereocenters. The molecule has 0 atom stereocenters. The molecular formula is C22H30N8O2. The summed E-state index contributed by atoms with van der Waals surface area (Å²) in [5.41, 5.74) is 7.99. The molecule has 5 N–H and O–H groups in total. The van der Waals surface area contributed by atoms with Crippen LogP contribution in [0, 0.1) is 5.41 Å². The van der Waals surface area contributed by atoms with Crippen molar-refractivity contribution in [2.75, 3.05) is 44.3 Å². The van der Waals surface area contributed by atoms with Crippen LogP contribution in [-0.4, -0.2) is 72.3 Å². The number of guanidine groups is 1. The molecule has 0 bridgehead atoms. The molecule has 2 amide bonds. The highest BCUT2D eigenvalue weighted by Gasteiger charge is 2.26. The number of carbonyl (C=O) groups is 1. The molecule has 1 aromatic heterocycles. The van der Waals surface area contributed by atoms with Crippen molar-refractivity contribution in [1.82, 2.24) is 25.5 Å². The molecule has 4 rings (SSSR count). The zero-order valence-electron chi connectivity index (χ0n) is 18.1. The largest absolute Gasteiger partial charge is 0.379 e. The number of aromatic nitrogens is 2. The standard InChI is InChI=1S/C22H30N8O2/c23-20(24)28-22(31)27-13-16-2-1-3-17(12-16)18-14-25-21(26-15-18)30-6-4-19(5-7-30)29-8-10-32-11-9-29/h1-3,12,14-15,19H,4-11,13H2,(H5,23,24,27,28,31). The van der Waals surface area contributed by atoms with Crippen LogP contribution in [0.2, 0.25) is 0 Å². The highest BCUT2D eigenvalue weighted by molar-refractivity contribution is 5.93. The average molecular weight is 439 g/mol. The molecule has 0 aliphatic carbocycles. The van der Waals surface area contributed by atoms with Gasteiger partial charge in [0.05, 0.1) is 13.2 Å². The van der Waals surface area contributed by atoms with E-state index in [1.54, 1.807) is 0 Å². The van der Waals surface area contributed by atoms with Crippen LogP contribution in [0.15, 0.2) is 36.7 Å². The van der Waals surface area contributed by atoms with E-state index in [1.165, 1.54) is 0 Å². The summed E-state index contributed by atoms with van der Waals surface area (Å²) in [5.74, 6) is 0.381. The van der Waals surface area contributed by atoms with Crippen LogP contribution in [0.3, 0.4) is 0 Å². The molecule has 2 saturated heterocycles. The number of nitrogens with one attached hydrogen (secondary N) is 3. The SMILES string of the molecule is N=C(N)NC(=O)NCc1cccc(-c2cnc(N3CCC(N4CCOCC4)CC3)nc2)c1. The number of piperidine rings is 1. The summed E-state index contributed by atoms with van der Waals surface area (Å²) >= 11 is 0. The van der Waals surface area contributed by atoms with Crippen molar-refractivity contribution >= 4 is 17.9 Å². The van der Waals surface area contributed by atoms with Gasteiger partial charge in [-0.2, -0.15) is 0 Å². The number of hydrogen-bond acceptors (Lipinski definition) is 7. The first-order valence-electron chi connectivity index (χ1n) is 11.0. The van der Waals surface area contributed by atoms with Gasteiger partial charge in [0.15, 0.2) is 5.96 Å². The third-order valence-corrected chi connectivity index (χ3v) is 5.91. The Hall–Kier alpha value is -3.24. The van der Waals surface area contributed by atoms with Crippen LogP contribution in [0.5, 0.6) is 0 Å². The van der Waals surface area contributed by atoms with Crippen molar-refractivity contribution < 1.29 is 9.53 Å². The van der Waals surface area contributed by atoms with Gasteiger partial charge in [-0.05, 0) is 30.0 Å². The molecule has 10 nitrogen and oxygen atoms in total. The summed E-state index contributed by atoms with van der Waals surface area (Å²) in [5, 5.41) is 11.9. The lowest BCUT2D eigenvalue weighted by molar-refractivity contribution is 0.0114. The number of ether oxygens (including phenoxy) is 1. The van der Waals surface area contributed by atoms with Gasteiger partial charge in [0.2, 0.25) is 5.95 Å². The number of nitrogens with two attached hydrogens (primary N) is 1. The fourth-order valence-corrected chi connectivity index (χ4v) is 4.22. The quantitative estimate of drug-likeness (QED) is 0.406. The van der Waals surface area contributed by atoms with E-state index in [0.29, 0.717) is 12.6 Å². The Labute approximate surface area is 187 Å². The van der Waals surface area contributed by atoms with Crippen molar-refractivity contribution in [2.24, 2.45) is 5.73 Å². The molecule has 3 heterocycles. The minimum atomic E-state index is -0.506. The molecule has 2 fully saturated rings. The Bertz CT molecular complexity index is 922. The molecule has 1 aromatic carbocycles. The Morgan fingerprint density at radius 2 is 1.84 bits per heavy atom. The zero-order valence-corrected chi connectivity index (χ0v) is 18.1. The molecule has 2 aromatic rings. The van der Waals surface area contributed by atoms with Gasteiger partial charge in [-0.1, -0.05) is 18.2 Å². The smallest absolute Gasteiger partial charge is 0.321 e. The van der Waals surface area contributed by atoms with E-state index in [4.69, 9.17) is 15.9 Å². The maximum Gasteiger partial charge on any atom is 0.321 e. The van der Waals surface area contributed by atoms with Crippen molar-refractivity contribution in [3.8, 4) is 11.1 Å². The number of amides is 2. The predicted molar refractivity (Wildman–Crippen MR) is 122 cm³/mol. The second-order valence-corrected chi connectivity index (χ2v) is 8.06. The van der Waals surface area contributed by atoms with Crippen molar-refractivity contribution in [1.29, 1.82) is 5.41 Å². The summed E-state index contributed by atoms with van der Waals surface area (Å²) in [7, 11) is 0. The lowest BCUT2D eigenvalue weighted by Gasteiger charge is -2.40. The first-order chi connectivity index (χ1) is 15.6. The second-order valence-electron chi connectivity index (χ2n) is 8.06. The van der Waals surface area contributed by atoms with Gasteiger partial charge < -0.3 is 20.7 Å². The van der Waals surface area contributed by atoms with Crippen LogP contribution in [0.25, 0.3) is 11.1 Å². The molecule has 0 radical (unpaired) electrons. The lowest BCUT2D eigenvalue weighted by atomic mass is 10.0. The summed E-state index contributed by atoms with van der Waals surface area (Å²) in [6, 6.07) is 7.95. The van der Waals surface area contributed by atoms with Gasteiger partial charge in [-0.3, -0.25) is 15.6 Å². The molecule has 2 aliphatic heterocycles. The number of rotatable bonds is 5. The molecule has 0 saturated carbocycles. The maximum absolute atomic E-state index is 11.6. The van der Waals surface area contributed by atoms with Crippen LogP contribution < -0.4 is 21.3 Å². The Kier molecular flexibility index (Phi) is 7.13. The first-order valence-corrected chi connectivity index (χ1v) is 11.0. The Morgan fingerprint density at radius 1 is 1.12 bits per heavy atom. The predicted octanol–water partition coefficient (Wildman–Crippen LogP) is 1.14. The van der Waals surface area contributed by atoms with Crippen LogP contribution in [0.1, 0.15) is 18.4 Å². The van der Waals surface area contributed by atoms with E-state index in [2.05, 4.69) is 30.4 Å². The van der Waals surface area contributed by atoms with E-state index in [0.717, 1.165) is 74.9 Å². The highest BCUT2D eigenvalue weighted by atomic mass is 16.5. The number of carbonyl (C=O) groups excluding carboxylic acids is 1. The molecule has 32 heavy (non-hydrogen) atoms. The minimum Gasteiger partial charge on any atom is -0.379 e. The highest BCUT2D eigenvalue weighted by Crippen LogP contribution is 2.23. The van der Waals surface area contributed by atoms with E-state index in [-0.39, 0.29) is 5.96 Å². The Balaban J connectivity index is 1.33. The number of nitrogens with zero attached hydrogens (tertiary/aromatic N) is 4. The third-order valence-electron chi connectivity index (χ3n) is 5.91. The molecular weight excluding hydrogens is 408 g/mol. The minimum absolute atomic E-state index is 0.323. The van der Waals surface area contributed by atoms with E-state index >= 15 is 0 Å². The van der Waals surface area contributed by atoms with Crippen LogP contribution >= 0.6 is 0 Å². The van der Waals surface area contributed by atoms with E-state index in [1.807, 2.05) is 36.7 Å². The van der Waals surface area contributed by atoms with Gasteiger partial charge in [0, 0.05) is 56.7 Å². The van der Waals surface area contributed by atoms with E-state index < -0.39 is 6.03 Å². The molecule has 0 spiro atoms. The fourth-order valence-electron chi connectivity index (χ4n) is 4.22. The van der Waals surface area contributed by atoms with Crippen molar-refractivity contribution in [3.05, 3.63) is 42.2 Å². The van der Waals surface area contributed by atoms with Crippen LogP contribution in [-0.2, 0) is 11.3 Å². The third kappa shape index (κ3) is 5.71. The van der Waals surface area contributed by atoms with Crippen LogP contribution in [0.4, 0.5) is 10.7 Å². The summed E-state index contributed by atoms with van der Waals surface area (Å²) in [6.07, 6.45) is 5.95. The summed E-state index contributed by atoms with van der Waals surface area (Å²) in [4.78, 5) is 25.6. The molecule has 10 heteroatoms. The topological polar surface area (TPSA) is 132 Å². The fraction of sp³-hybridized carbons (Fsp3) is 0.455. The number of benzene rings is 1. The Morgan fingerprint density at radius 3 is 2.53 bits per heavy atom. The zero-order chi connectivity index (χ0) is 22.3. The summed E-state index contributed by atoms with van der Waals surface area (Å²) < 4.78 is 5.47. The monoisotopic (exact) mass is 438 g/mol. The van der Waals surface area contributed by atoms with Crippen molar-refractivity contribution in [2.45, 2.75) is 25.4 Å². The van der Waals surface area contributed by atoms with Gasteiger partial charge in [0.25, 0.3) is 0 Å². The molecule has 2 aliphatic rings. The number of morpholine rings is 1. The normalized spacial score (nSPS) is 17.7. The summed E-state index contributed by atoms with van der Waals surface area (Å²) in [6.45, 7) is 6.00. The average Bonchev–Trinajstić information content (AvgIpc) is 2.83. The van der Waals surface area contributed by atoms with Gasteiger partial charge in [0.1, 0.15) is 0 Å². The maximum atomic E-state index is 11.6. The molecule has 170 valence electrons.